The fourth-order valence-corrected chi connectivity index (χ4v) is 2.65. The smallest absolute Gasteiger partial charge is 0.0152 e. The van der Waals surface area contributed by atoms with Crippen LogP contribution in [0.5, 0.6) is 0 Å². The van der Waals surface area contributed by atoms with Crippen LogP contribution in [0.3, 0.4) is 0 Å². The molecule has 0 bridgehead atoms. The molecule has 2 rings (SSSR count). The summed E-state index contributed by atoms with van der Waals surface area (Å²) >= 11 is 0. The van der Waals surface area contributed by atoms with Gasteiger partial charge in [-0.3, -0.25) is 0 Å². The van der Waals surface area contributed by atoms with Gasteiger partial charge >= 0.3 is 0 Å². The maximum Gasteiger partial charge on any atom is -0.0152 e. The summed E-state index contributed by atoms with van der Waals surface area (Å²) in [6.45, 7) is 10.2. The van der Waals surface area contributed by atoms with Crippen LogP contribution in [0.2, 0.25) is 0 Å². The molecule has 22 heavy (non-hydrogen) atoms. The van der Waals surface area contributed by atoms with E-state index in [-0.39, 0.29) is 0 Å². The van der Waals surface area contributed by atoms with E-state index in [2.05, 4.69) is 75.9 Å². The van der Waals surface area contributed by atoms with Gasteiger partial charge in [-0.15, -0.1) is 0 Å². The second-order valence-corrected chi connectivity index (χ2v) is 6.07. The predicted octanol–water partition coefficient (Wildman–Crippen LogP) is 6.43. The molecule has 0 atom stereocenters. The third-order valence-corrected chi connectivity index (χ3v) is 4.06. The molecule has 0 aromatic heterocycles. The largest absolute Gasteiger partial charge is 0.0988 e. The molecule has 0 heteroatoms. The van der Waals surface area contributed by atoms with Crippen molar-refractivity contribution in [3.05, 3.63) is 83.5 Å². The summed E-state index contributed by atoms with van der Waals surface area (Å²) in [5.74, 6) is 0. The molecular weight excluding hydrogens is 264 g/mol. The lowest BCUT2D eigenvalue weighted by atomic mass is 9.94. The highest BCUT2D eigenvalue weighted by atomic mass is 14.1. The van der Waals surface area contributed by atoms with Gasteiger partial charge in [0, 0.05) is 0 Å². The lowest BCUT2D eigenvalue weighted by Gasteiger charge is -2.11. The average Bonchev–Trinajstić information content (AvgIpc) is 2.52. The number of hydrogen-bond acceptors (Lipinski definition) is 0. The second kappa shape index (κ2) is 7.79. The summed E-state index contributed by atoms with van der Waals surface area (Å²) < 4.78 is 0. The molecular formula is C22H26. The Hall–Kier alpha value is -2.08. The molecule has 0 nitrogen and oxygen atoms in total. The number of allylic oxidation sites excluding steroid dienone is 3. The molecule has 114 valence electrons. The normalized spacial score (nSPS) is 11.5. The summed E-state index contributed by atoms with van der Waals surface area (Å²) in [5, 5.41) is 0. The van der Waals surface area contributed by atoms with Crippen LogP contribution in [0.4, 0.5) is 0 Å². The van der Waals surface area contributed by atoms with Crippen LogP contribution < -0.4 is 0 Å². The highest BCUT2D eigenvalue weighted by molar-refractivity contribution is 5.68. The first-order valence-corrected chi connectivity index (χ1v) is 8.06. The Kier molecular flexibility index (Phi) is 5.77. The highest BCUT2D eigenvalue weighted by Crippen LogP contribution is 2.26. The summed E-state index contributed by atoms with van der Waals surface area (Å²) in [6.07, 6.45) is 7.59. The van der Waals surface area contributed by atoms with E-state index in [0.29, 0.717) is 0 Å². The van der Waals surface area contributed by atoms with Crippen molar-refractivity contribution in [1.82, 2.24) is 0 Å². The van der Waals surface area contributed by atoms with E-state index in [9.17, 15) is 0 Å². The molecule has 0 unspecified atom stereocenters. The van der Waals surface area contributed by atoms with E-state index in [1.807, 2.05) is 6.08 Å². The van der Waals surface area contributed by atoms with Crippen molar-refractivity contribution in [3.63, 3.8) is 0 Å². The van der Waals surface area contributed by atoms with Gasteiger partial charge in [0.1, 0.15) is 0 Å². The van der Waals surface area contributed by atoms with Gasteiger partial charge in [-0.2, -0.15) is 0 Å². The molecule has 0 aliphatic rings. The van der Waals surface area contributed by atoms with E-state index in [1.165, 1.54) is 39.8 Å². The number of unbranched alkanes of at least 4 members (excludes halogenated alkanes) is 1. The Morgan fingerprint density at radius 1 is 1.00 bits per heavy atom. The van der Waals surface area contributed by atoms with Crippen molar-refractivity contribution >= 4 is 0 Å². The number of rotatable bonds is 6. The zero-order valence-corrected chi connectivity index (χ0v) is 14.0. The van der Waals surface area contributed by atoms with Crippen molar-refractivity contribution in [3.8, 4) is 11.1 Å². The Bertz CT molecular complexity index is 657. The quantitative estimate of drug-likeness (QED) is 0.425. The highest BCUT2D eigenvalue weighted by Gasteiger charge is 2.05. The molecule has 0 heterocycles. The average molecular weight is 290 g/mol. The van der Waals surface area contributed by atoms with E-state index in [0.717, 1.165) is 12.8 Å². The first kappa shape index (κ1) is 16.3. The molecule has 0 spiro atoms. The van der Waals surface area contributed by atoms with E-state index >= 15 is 0 Å². The van der Waals surface area contributed by atoms with Gasteiger partial charge in [0.25, 0.3) is 0 Å². The van der Waals surface area contributed by atoms with Gasteiger partial charge in [-0.1, -0.05) is 77.9 Å². The molecule has 0 fully saturated rings. The minimum absolute atomic E-state index is 1.11. The fourth-order valence-electron chi connectivity index (χ4n) is 2.65. The van der Waals surface area contributed by atoms with E-state index < -0.39 is 0 Å². The van der Waals surface area contributed by atoms with Crippen LogP contribution in [0.25, 0.3) is 11.1 Å². The molecule has 0 saturated heterocycles. The third kappa shape index (κ3) is 4.46. The van der Waals surface area contributed by atoms with Crippen molar-refractivity contribution < 1.29 is 0 Å². The van der Waals surface area contributed by atoms with Gasteiger partial charge < -0.3 is 0 Å². The fraction of sp³-hybridized carbons (Fsp3) is 0.273. The molecule has 0 radical (unpaired) electrons. The Morgan fingerprint density at radius 3 is 2.36 bits per heavy atom. The standard InChI is InChI=1S/C22H26/c1-5-17(2)8-6-7-9-21-16-19(4)12-15-22(21)20-13-10-18(3)11-14-20/h5,8,10-16H,1,6-7,9H2,2-4H3/b17-8+. The zero-order valence-electron chi connectivity index (χ0n) is 14.0. The number of hydrogen-bond donors (Lipinski definition) is 0. The Morgan fingerprint density at radius 2 is 1.68 bits per heavy atom. The first-order valence-electron chi connectivity index (χ1n) is 8.06. The maximum atomic E-state index is 3.80. The molecule has 0 amide bonds. The maximum absolute atomic E-state index is 3.80. The second-order valence-electron chi connectivity index (χ2n) is 6.07. The summed E-state index contributed by atoms with van der Waals surface area (Å²) in [4.78, 5) is 0. The van der Waals surface area contributed by atoms with Gasteiger partial charge in [-0.25, -0.2) is 0 Å². The van der Waals surface area contributed by atoms with Crippen molar-refractivity contribution in [2.24, 2.45) is 0 Å². The summed E-state index contributed by atoms with van der Waals surface area (Å²) in [6, 6.07) is 15.6. The minimum atomic E-state index is 1.11. The Balaban J connectivity index is 2.17. The first-order chi connectivity index (χ1) is 10.6. The van der Waals surface area contributed by atoms with Crippen LogP contribution in [0, 0.1) is 13.8 Å². The molecule has 2 aromatic carbocycles. The van der Waals surface area contributed by atoms with Crippen LogP contribution in [-0.4, -0.2) is 0 Å². The van der Waals surface area contributed by atoms with Crippen LogP contribution in [0.1, 0.15) is 36.5 Å². The lowest BCUT2D eigenvalue weighted by Crippen LogP contribution is -1.92. The van der Waals surface area contributed by atoms with E-state index in [1.54, 1.807) is 0 Å². The molecule has 2 aromatic rings. The monoisotopic (exact) mass is 290 g/mol. The van der Waals surface area contributed by atoms with Gasteiger partial charge in [0.15, 0.2) is 0 Å². The number of aryl methyl sites for hydroxylation is 3. The molecule has 0 aliphatic carbocycles. The lowest BCUT2D eigenvalue weighted by molar-refractivity contribution is 0.840. The van der Waals surface area contributed by atoms with Crippen molar-refractivity contribution in [2.75, 3.05) is 0 Å². The van der Waals surface area contributed by atoms with Crippen LogP contribution in [-0.2, 0) is 6.42 Å². The van der Waals surface area contributed by atoms with Crippen LogP contribution >= 0.6 is 0 Å². The summed E-state index contributed by atoms with van der Waals surface area (Å²) in [5.41, 5.74) is 8.05. The molecule has 0 saturated carbocycles. The Labute approximate surface area is 135 Å². The number of benzene rings is 2. The van der Waals surface area contributed by atoms with Gasteiger partial charge in [0.2, 0.25) is 0 Å². The minimum Gasteiger partial charge on any atom is -0.0988 e. The zero-order chi connectivity index (χ0) is 15.9. The van der Waals surface area contributed by atoms with Crippen molar-refractivity contribution in [2.45, 2.75) is 40.0 Å². The topological polar surface area (TPSA) is 0 Å². The summed E-state index contributed by atoms with van der Waals surface area (Å²) in [7, 11) is 0. The van der Waals surface area contributed by atoms with Gasteiger partial charge in [0.05, 0.1) is 0 Å². The van der Waals surface area contributed by atoms with Crippen LogP contribution in [0.15, 0.2) is 66.8 Å². The van der Waals surface area contributed by atoms with Gasteiger partial charge in [-0.05, 0) is 56.7 Å². The molecule has 0 N–H and O–H groups in total. The third-order valence-electron chi connectivity index (χ3n) is 4.06. The SMILES string of the molecule is C=C/C(C)=C/CCCc1cc(C)ccc1-c1ccc(C)cc1. The predicted molar refractivity (Wildman–Crippen MR) is 98.2 cm³/mol. The van der Waals surface area contributed by atoms with Crippen molar-refractivity contribution in [1.29, 1.82) is 0 Å². The molecule has 0 aliphatic heterocycles. The van der Waals surface area contributed by atoms with E-state index in [4.69, 9.17) is 0 Å².